The van der Waals surface area contributed by atoms with E-state index in [0.717, 1.165) is 79.2 Å². The molecule has 3 aliphatic rings. The van der Waals surface area contributed by atoms with Gasteiger partial charge in [0, 0.05) is 54.5 Å². The van der Waals surface area contributed by atoms with Crippen molar-refractivity contribution in [3.05, 3.63) is 69.3 Å². The molecule has 5 rings (SSSR count). The third kappa shape index (κ3) is 6.53. The van der Waals surface area contributed by atoms with Crippen LogP contribution in [-0.2, 0) is 14.3 Å². The normalized spacial score (nSPS) is 23.2. The molecule has 2 unspecified atom stereocenters. The summed E-state index contributed by atoms with van der Waals surface area (Å²) in [5.41, 5.74) is 2.03. The van der Waals surface area contributed by atoms with Crippen LogP contribution in [-0.4, -0.2) is 79.6 Å². The number of benzene rings is 2. The summed E-state index contributed by atoms with van der Waals surface area (Å²) in [5.74, 6) is -0.0241. The van der Waals surface area contributed by atoms with Crippen LogP contribution in [0.4, 0.5) is 5.69 Å². The number of hydrogen-bond donors (Lipinski definition) is 1. The van der Waals surface area contributed by atoms with Crippen LogP contribution >= 0.6 is 27.5 Å². The number of carbonyl (C=O) groups excluding carboxylic acids is 2. The van der Waals surface area contributed by atoms with Crippen molar-refractivity contribution < 1.29 is 14.3 Å². The maximum Gasteiger partial charge on any atom is 0.289 e. The van der Waals surface area contributed by atoms with Gasteiger partial charge in [-0.1, -0.05) is 58.2 Å². The molecule has 1 aliphatic carbocycles. The molecule has 1 N–H and O–H groups in total. The van der Waals surface area contributed by atoms with Gasteiger partial charge in [0.25, 0.3) is 5.91 Å². The van der Waals surface area contributed by atoms with E-state index in [2.05, 4.69) is 37.1 Å². The smallest absolute Gasteiger partial charge is 0.289 e. The number of fused-ring (bicyclic) bond motifs is 1. The van der Waals surface area contributed by atoms with Crippen molar-refractivity contribution in [2.75, 3.05) is 50.7 Å². The van der Waals surface area contributed by atoms with Crippen LogP contribution in [0, 0.1) is 0 Å². The fourth-order valence-corrected chi connectivity index (χ4v) is 6.15. The van der Waals surface area contributed by atoms with Gasteiger partial charge in [-0.25, -0.2) is 0 Å². The lowest BCUT2D eigenvalue weighted by molar-refractivity contribution is -0.151. The van der Waals surface area contributed by atoms with E-state index in [0.29, 0.717) is 12.3 Å². The second-order valence-electron chi connectivity index (χ2n) is 10.1. The SMILES string of the molecule is O=C(CN1C(=O)/C(=C\c2ccccc2Br)OC2CCCCC21)NCCN1CCN(c2cccc(Cl)c2)CC1. The van der Waals surface area contributed by atoms with Crippen LogP contribution < -0.4 is 10.2 Å². The largest absolute Gasteiger partial charge is 0.482 e. The predicted octanol–water partition coefficient (Wildman–Crippen LogP) is 4.55. The Balaban J connectivity index is 1.14. The van der Waals surface area contributed by atoms with Crippen molar-refractivity contribution in [1.82, 2.24) is 15.1 Å². The summed E-state index contributed by atoms with van der Waals surface area (Å²) in [6, 6.07) is 15.6. The molecular formula is C29H34BrClN4O3. The Labute approximate surface area is 237 Å². The summed E-state index contributed by atoms with van der Waals surface area (Å²) in [6.45, 7) is 5.10. The maximum absolute atomic E-state index is 13.4. The Kier molecular flexibility index (Phi) is 8.92. The fraction of sp³-hybridized carbons (Fsp3) is 0.448. The highest BCUT2D eigenvalue weighted by Crippen LogP contribution is 2.33. The maximum atomic E-state index is 13.4. The van der Waals surface area contributed by atoms with E-state index in [1.165, 1.54) is 0 Å². The van der Waals surface area contributed by atoms with Crippen LogP contribution in [0.5, 0.6) is 0 Å². The summed E-state index contributed by atoms with van der Waals surface area (Å²) < 4.78 is 7.08. The first-order valence-corrected chi connectivity index (χ1v) is 14.6. The Bertz CT molecular complexity index is 1180. The second-order valence-corrected chi connectivity index (χ2v) is 11.4. The lowest BCUT2D eigenvalue weighted by Gasteiger charge is -2.44. The van der Waals surface area contributed by atoms with Gasteiger partial charge in [-0.2, -0.15) is 0 Å². The van der Waals surface area contributed by atoms with Crippen molar-refractivity contribution >= 4 is 51.1 Å². The van der Waals surface area contributed by atoms with E-state index >= 15 is 0 Å². The number of ether oxygens (including phenoxy) is 1. The standard InChI is InChI=1S/C29H34BrClN4O3/c30-24-9-2-1-6-21(24)18-27-29(37)35(25-10-3-4-11-26(25)38-27)20-28(36)32-12-13-33-14-16-34(17-15-33)23-8-5-7-22(31)19-23/h1-2,5-9,18-19,25-26H,3-4,10-17,20H2,(H,32,36)/b27-18+. The highest BCUT2D eigenvalue weighted by molar-refractivity contribution is 9.10. The zero-order chi connectivity index (χ0) is 26.5. The molecule has 7 nitrogen and oxygen atoms in total. The van der Waals surface area contributed by atoms with Crippen LogP contribution in [0.25, 0.3) is 6.08 Å². The highest BCUT2D eigenvalue weighted by Gasteiger charge is 2.42. The van der Waals surface area contributed by atoms with E-state index in [1.54, 1.807) is 11.0 Å². The summed E-state index contributed by atoms with van der Waals surface area (Å²) in [7, 11) is 0. The quantitative estimate of drug-likeness (QED) is 0.472. The zero-order valence-corrected chi connectivity index (χ0v) is 23.8. The van der Waals surface area contributed by atoms with Crippen molar-refractivity contribution in [2.24, 2.45) is 0 Å². The topological polar surface area (TPSA) is 65.1 Å². The second kappa shape index (κ2) is 12.5. The van der Waals surface area contributed by atoms with Gasteiger partial charge in [0.1, 0.15) is 12.6 Å². The molecular weight excluding hydrogens is 568 g/mol. The van der Waals surface area contributed by atoms with E-state index < -0.39 is 0 Å². The molecule has 202 valence electrons. The average molecular weight is 602 g/mol. The molecule has 9 heteroatoms. The molecule has 2 aromatic rings. The molecule has 2 aromatic carbocycles. The third-order valence-electron chi connectivity index (χ3n) is 7.62. The molecule has 2 amide bonds. The first kappa shape index (κ1) is 27.0. The number of amides is 2. The number of rotatable bonds is 7. The van der Waals surface area contributed by atoms with Gasteiger partial charge in [0.05, 0.1) is 6.04 Å². The third-order valence-corrected chi connectivity index (χ3v) is 8.58. The van der Waals surface area contributed by atoms with Gasteiger partial charge >= 0.3 is 0 Å². The number of halogens is 2. The fourth-order valence-electron chi connectivity index (χ4n) is 5.56. The Hall–Kier alpha value is -2.55. The lowest BCUT2D eigenvalue weighted by atomic mass is 9.89. The number of morpholine rings is 1. The molecule has 2 heterocycles. The molecule has 2 aliphatic heterocycles. The van der Waals surface area contributed by atoms with Gasteiger partial charge in [0.2, 0.25) is 5.91 Å². The van der Waals surface area contributed by atoms with E-state index in [-0.39, 0.29) is 30.5 Å². The van der Waals surface area contributed by atoms with Crippen molar-refractivity contribution in [1.29, 1.82) is 0 Å². The molecule has 0 spiro atoms. The molecule has 2 saturated heterocycles. The van der Waals surface area contributed by atoms with E-state index in [1.807, 2.05) is 42.5 Å². The number of anilines is 1. The van der Waals surface area contributed by atoms with Crippen LogP contribution in [0.3, 0.4) is 0 Å². The predicted molar refractivity (Wildman–Crippen MR) is 154 cm³/mol. The molecule has 0 radical (unpaired) electrons. The van der Waals surface area contributed by atoms with E-state index in [9.17, 15) is 9.59 Å². The van der Waals surface area contributed by atoms with Gasteiger partial charge < -0.3 is 19.9 Å². The summed E-state index contributed by atoms with van der Waals surface area (Å²) >= 11 is 9.69. The van der Waals surface area contributed by atoms with E-state index in [4.69, 9.17) is 16.3 Å². The van der Waals surface area contributed by atoms with Gasteiger partial charge in [-0.15, -0.1) is 0 Å². The molecule has 2 atom stereocenters. The zero-order valence-electron chi connectivity index (χ0n) is 21.5. The molecule has 3 fully saturated rings. The summed E-state index contributed by atoms with van der Waals surface area (Å²) in [5, 5.41) is 3.80. The highest BCUT2D eigenvalue weighted by atomic mass is 79.9. The number of hydrogen-bond acceptors (Lipinski definition) is 5. The Morgan fingerprint density at radius 3 is 2.66 bits per heavy atom. The minimum absolute atomic E-state index is 0.0548. The van der Waals surface area contributed by atoms with Crippen LogP contribution in [0.15, 0.2) is 58.8 Å². The lowest BCUT2D eigenvalue weighted by Crippen LogP contribution is -2.57. The summed E-state index contributed by atoms with van der Waals surface area (Å²) in [6.07, 6.45) is 5.58. The van der Waals surface area contributed by atoms with Crippen molar-refractivity contribution in [3.8, 4) is 0 Å². The van der Waals surface area contributed by atoms with Crippen LogP contribution in [0.2, 0.25) is 5.02 Å². The van der Waals surface area contributed by atoms with Crippen molar-refractivity contribution in [2.45, 2.75) is 37.8 Å². The minimum Gasteiger partial charge on any atom is -0.482 e. The van der Waals surface area contributed by atoms with Crippen molar-refractivity contribution in [3.63, 3.8) is 0 Å². The average Bonchev–Trinajstić information content (AvgIpc) is 2.92. The molecule has 1 saturated carbocycles. The number of nitrogens with one attached hydrogen (secondary N) is 1. The Morgan fingerprint density at radius 2 is 1.87 bits per heavy atom. The Morgan fingerprint density at radius 1 is 1.08 bits per heavy atom. The number of nitrogens with zero attached hydrogens (tertiary/aromatic N) is 3. The van der Waals surface area contributed by atoms with Gasteiger partial charge in [-0.3, -0.25) is 14.5 Å². The first-order chi connectivity index (χ1) is 18.5. The molecule has 0 bridgehead atoms. The summed E-state index contributed by atoms with van der Waals surface area (Å²) in [4.78, 5) is 32.8. The first-order valence-electron chi connectivity index (χ1n) is 13.4. The van der Waals surface area contributed by atoms with Gasteiger partial charge in [-0.05, 0) is 55.2 Å². The minimum atomic E-state index is -0.212. The number of piperazine rings is 1. The monoisotopic (exact) mass is 600 g/mol. The molecule has 38 heavy (non-hydrogen) atoms. The van der Waals surface area contributed by atoms with Gasteiger partial charge in [0.15, 0.2) is 5.76 Å². The molecule has 0 aromatic heterocycles. The number of carbonyl (C=O) groups is 2. The van der Waals surface area contributed by atoms with Crippen LogP contribution in [0.1, 0.15) is 31.2 Å².